The summed E-state index contributed by atoms with van der Waals surface area (Å²) in [5.74, 6) is -0.637. The smallest absolute Gasteiger partial charge is 0.196 e. The Morgan fingerprint density at radius 3 is 2.50 bits per heavy atom. The van der Waals surface area contributed by atoms with E-state index >= 15 is 0 Å². The van der Waals surface area contributed by atoms with Gasteiger partial charge < -0.3 is 10.2 Å². The molecule has 4 nitrogen and oxygen atoms in total. The van der Waals surface area contributed by atoms with Gasteiger partial charge in [0.25, 0.3) is 0 Å². The zero-order valence-corrected chi connectivity index (χ0v) is 10.4. The zero-order valence-electron chi connectivity index (χ0n) is 10.4. The Kier molecular flexibility index (Phi) is 2.84. The molecular formula is C16H11NO3. The van der Waals surface area contributed by atoms with Crippen LogP contribution in [-0.2, 0) is 0 Å². The van der Waals surface area contributed by atoms with Crippen molar-refractivity contribution in [3.8, 4) is 11.5 Å². The molecule has 0 spiro atoms. The number of carbonyl (C=O) groups is 1. The Bertz CT molecular complexity index is 797. The number of hydrogen-bond acceptors (Lipinski definition) is 4. The highest BCUT2D eigenvalue weighted by Crippen LogP contribution is 2.34. The molecule has 4 heteroatoms. The third-order valence-corrected chi connectivity index (χ3v) is 3.12. The molecule has 0 radical (unpaired) electrons. The number of ketones is 1. The molecule has 3 rings (SSSR count). The van der Waals surface area contributed by atoms with Gasteiger partial charge in [0.05, 0.1) is 5.56 Å². The Morgan fingerprint density at radius 1 is 1.00 bits per heavy atom. The van der Waals surface area contributed by atoms with E-state index in [0.717, 1.165) is 0 Å². The fourth-order valence-corrected chi connectivity index (χ4v) is 2.14. The third kappa shape index (κ3) is 1.87. The van der Waals surface area contributed by atoms with Crippen LogP contribution < -0.4 is 0 Å². The van der Waals surface area contributed by atoms with Crippen molar-refractivity contribution in [3.63, 3.8) is 0 Å². The molecule has 0 saturated carbocycles. The Morgan fingerprint density at radius 2 is 1.75 bits per heavy atom. The normalized spacial score (nSPS) is 10.6. The standard InChI is InChI=1S/C16H11NO3/c18-13-9-12(15(19)10-5-2-1-3-6-10)16(20)11-7-4-8-17-14(11)13/h1-9,18,20H. The summed E-state index contributed by atoms with van der Waals surface area (Å²) < 4.78 is 0. The molecule has 0 aliphatic heterocycles. The number of carbonyl (C=O) groups excluding carboxylic acids is 1. The summed E-state index contributed by atoms with van der Waals surface area (Å²) in [6.45, 7) is 0. The number of rotatable bonds is 2. The summed E-state index contributed by atoms with van der Waals surface area (Å²) in [4.78, 5) is 16.4. The second kappa shape index (κ2) is 4.66. The lowest BCUT2D eigenvalue weighted by Crippen LogP contribution is -2.02. The predicted octanol–water partition coefficient (Wildman–Crippen LogP) is 2.88. The predicted molar refractivity (Wildman–Crippen MR) is 74.9 cm³/mol. The lowest BCUT2D eigenvalue weighted by molar-refractivity contribution is 0.103. The van der Waals surface area contributed by atoms with E-state index in [2.05, 4.69) is 4.98 Å². The van der Waals surface area contributed by atoms with E-state index in [1.54, 1.807) is 42.5 Å². The quantitative estimate of drug-likeness (QED) is 0.552. The van der Waals surface area contributed by atoms with Crippen LogP contribution in [0, 0.1) is 0 Å². The molecule has 0 atom stereocenters. The molecular weight excluding hydrogens is 254 g/mol. The molecule has 1 aromatic heterocycles. The first-order chi connectivity index (χ1) is 9.68. The number of phenolic OH excluding ortho intramolecular Hbond substituents is 2. The van der Waals surface area contributed by atoms with Crippen molar-refractivity contribution in [1.29, 1.82) is 0 Å². The number of phenols is 2. The van der Waals surface area contributed by atoms with Crippen LogP contribution in [0.2, 0.25) is 0 Å². The fourth-order valence-electron chi connectivity index (χ4n) is 2.14. The first-order valence-corrected chi connectivity index (χ1v) is 6.08. The van der Waals surface area contributed by atoms with Gasteiger partial charge in [-0.1, -0.05) is 30.3 Å². The highest BCUT2D eigenvalue weighted by molar-refractivity contribution is 6.14. The van der Waals surface area contributed by atoms with Crippen LogP contribution in [-0.4, -0.2) is 21.0 Å². The summed E-state index contributed by atoms with van der Waals surface area (Å²) in [7, 11) is 0. The van der Waals surface area contributed by atoms with Crippen LogP contribution in [0.25, 0.3) is 10.9 Å². The van der Waals surface area contributed by atoms with Crippen LogP contribution in [0.3, 0.4) is 0 Å². The third-order valence-electron chi connectivity index (χ3n) is 3.12. The number of aromatic nitrogens is 1. The zero-order chi connectivity index (χ0) is 14.1. The van der Waals surface area contributed by atoms with Crippen molar-refractivity contribution >= 4 is 16.7 Å². The second-order valence-electron chi connectivity index (χ2n) is 4.39. The molecule has 0 amide bonds. The minimum absolute atomic E-state index is 0.0641. The lowest BCUT2D eigenvalue weighted by atomic mass is 9.99. The molecule has 3 aromatic rings. The van der Waals surface area contributed by atoms with Crippen molar-refractivity contribution in [3.05, 3.63) is 65.9 Å². The molecule has 0 aliphatic carbocycles. The second-order valence-corrected chi connectivity index (χ2v) is 4.39. The van der Waals surface area contributed by atoms with Crippen molar-refractivity contribution in [2.24, 2.45) is 0 Å². The van der Waals surface area contributed by atoms with Crippen LogP contribution in [0.1, 0.15) is 15.9 Å². The highest BCUT2D eigenvalue weighted by atomic mass is 16.3. The number of benzene rings is 2. The maximum atomic E-state index is 12.4. The minimum atomic E-state index is -0.343. The number of hydrogen-bond donors (Lipinski definition) is 2. The van der Waals surface area contributed by atoms with Crippen molar-refractivity contribution in [1.82, 2.24) is 4.98 Å². The molecule has 0 unspecified atom stereocenters. The van der Waals surface area contributed by atoms with Crippen LogP contribution in [0.4, 0.5) is 0 Å². The van der Waals surface area contributed by atoms with E-state index in [4.69, 9.17) is 0 Å². The van der Waals surface area contributed by atoms with E-state index in [-0.39, 0.29) is 28.4 Å². The van der Waals surface area contributed by atoms with Gasteiger partial charge in [0, 0.05) is 17.1 Å². The fraction of sp³-hybridized carbons (Fsp3) is 0. The van der Waals surface area contributed by atoms with Gasteiger partial charge in [-0.05, 0) is 18.2 Å². The molecule has 2 aromatic carbocycles. The Labute approximate surface area is 115 Å². The molecule has 0 bridgehead atoms. The largest absolute Gasteiger partial charge is 0.506 e. The van der Waals surface area contributed by atoms with E-state index < -0.39 is 0 Å². The van der Waals surface area contributed by atoms with Gasteiger partial charge in [-0.2, -0.15) is 0 Å². The minimum Gasteiger partial charge on any atom is -0.506 e. The molecule has 98 valence electrons. The van der Waals surface area contributed by atoms with Crippen molar-refractivity contribution in [2.45, 2.75) is 0 Å². The van der Waals surface area contributed by atoms with Crippen LogP contribution in [0.15, 0.2) is 54.7 Å². The Hall–Kier alpha value is -2.88. The SMILES string of the molecule is O=C(c1ccccc1)c1cc(O)c2ncccc2c1O. The molecule has 20 heavy (non-hydrogen) atoms. The van der Waals surface area contributed by atoms with Gasteiger partial charge in [-0.25, -0.2) is 0 Å². The average Bonchev–Trinajstić information content (AvgIpc) is 2.51. The molecule has 2 N–H and O–H groups in total. The van der Waals surface area contributed by atoms with Crippen molar-refractivity contribution in [2.75, 3.05) is 0 Å². The van der Waals surface area contributed by atoms with E-state index in [1.165, 1.54) is 12.3 Å². The van der Waals surface area contributed by atoms with Gasteiger partial charge in [0.1, 0.15) is 17.0 Å². The topological polar surface area (TPSA) is 70.4 Å². The Balaban J connectivity index is 2.23. The number of pyridine rings is 1. The van der Waals surface area contributed by atoms with Crippen LogP contribution in [0.5, 0.6) is 11.5 Å². The summed E-state index contributed by atoms with van der Waals surface area (Å²) in [6, 6.07) is 13.1. The van der Waals surface area contributed by atoms with E-state index in [0.29, 0.717) is 10.9 Å². The summed E-state index contributed by atoms with van der Waals surface area (Å²) >= 11 is 0. The maximum absolute atomic E-state index is 12.4. The summed E-state index contributed by atoms with van der Waals surface area (Å²) in [5, 5.41) is 20.5. The monoisotopic (exact) mass is 265 g/mol. The molecule has 0 aliphatic rings. The van der Waals surface area contributed by atoms with Gasteiger partial charge in [0.2, 0.25) is 0 Å². The van der Waals surface area contributed by atoms with Gasteiger partial charge in [-0.3, -0.25) is 9.78 Å². The first kappa shape index (κ1) is 12.2. The van der Waals surface area contributed by atoms with Gasteiger partial charge >= 0.3 is 0 Å². The highest BCUT2D eigenvalue weighted by Gasteiger charge is 2.18. The van der Waals surface area contributed by atoms with E-state index in [1.807, 2.05) is 0 Å². The summed E-state index contributed by atoms with van der Waals surface area (Å²) in [5.41, 5.74) is 0.786. The maximum Gasteiger partial charge on any atom is 0.196 e. The number of aromatic hydroxyl groups is 2. The molecule has 0 saturated heterocycles. The summed E-state index contributed by atoms with van der Waals surface area (Å²) in [6.07, 6.45) is 1.51. The van der Waals surface area contributed by atoms with Gasteiger partial charge in [-0.15, -0.1) is 0 Å². The molecule has 1 heterocycles. The number of fused-ring (bicyclic) bond motifs is 1. The van der Waals surface area contributed by atoms with Crippen LogP contribution >= 0.6 is 0 Å². The van der Waals surface area contributed by atoms with E-state index in [9.17, 15) is 15.0 Å². The van der Waals surface area contributed by atoms with Crippen molar-refractivity contribution < 1.29 is 15.0 Å². The number of nitrogens with zero attached hydrogens (tertiary/aromatic N) is 1. The average molecular weight is 265 g/mol. The van der Waals surface area contributed by atoms with Gasteiger partial charge in [0.15, 0.2) is 5.78 Å². The first-order valence-electron chi connectivity index (χ1n) is 6.08. The molecule has 0 fully saturated rings. The lowest BCUT2D eigenvalue weighted by Gasteiger charge is -2.08.